The van der Waals surface area contributed by atoms with Crippen LogP contribution >= 0.6 is 7.92 Å². The van der Waals surface area contributed by atoms with Gasteiger partial charge in [0.1, 0.15) is 0 Å². The van der Waals surface area contributed by atoms with Crippen molar-refractivity contribution in [2.45, 2.75) is 33.6 Å². The van der Waals surface area contributed by atoms with Gasteiger partial charge in [0.25, 0.3) is 0 Å². The molecule has 0 spiro atoms. The molecule has 2 aromatic heterocycles. The molecule has 4 rings (SSSR count). The molecule has 0 atom stereocenters. The Labute approximate surface area is 207 Å². The van der Waals surface area contributed by atoms with Crippen LogP contribution in [0.5, 0.6) is 5.75 Å². The molecule has 3 aromatic rings. The molecule has 1 saturated carbocycles. The van der Waals surface area contributed by atoms with Crippen molar-refractivity contribution in [3.05, 3.63) is 36.0 Å². The summed E-state index contributed by atoms with van der Waals surface area (Å²) in [5.41, 5.74) is 4.07. The molecule has 1 aliphatic rings. The molecular weight excluding hydrogens is 463 g/mol. The maximum absolute atomic E-state index is 12.2. The SMILES string of the molecule is CC.COc1c(Nc2cc(NC(=O)C3CC3)nnc2C(C)=O)cccc1-c1cc(P(C)C)n(C)n1. The molecular formula is C25H33N6O3P. The number of nitrogens with zero attached hydrogens (tertiary/aromatic N) is 4. The Hall–Kier alpha value is -3.32. The van der Waals surface area contributed by atoms with Crippen molar-refractivity contribution in [1.82, 2.24) is 20.0 Å². The Morgan fingerprint density at radius 3 is 2.40 bits per heavy atom. The zero-order valence-electron chi connectivity index (χ0n) is 21.3. The van der Waals surface area contributed by atoms with Gasteiger partial charge >= 0.3 is 0 Å². The number of nitrogens with one attached hydrogen (secondary N) is 2. The number of rotatable bonds is 8. The number of carbonyl (C=O) groups excluding carboxylic acids is 2. The van der Waals surface area contributed by atoms with Gasteiger partial charge in [-0.1, -0.05) is 27.8 Å². The average Bonchev–Trinajstić information content (AvgIpc) is 3.61. The lowest BCUT2D eigenvalue weighted by atomic mass is 10.1. The maximum Gasteiger partial charge on any atom is 0.228 e. The van der Waals surface area contributed by atoms with Gasteiger partial charge in [-0.05, 0) is 44.4 Å². The van der Waals surface area contributed by atoms with E-state index in [1.54, 1.807) is 13.2 Å². The molecule has 2 heterocycles. The lowest BCUT2D eigenvalue weighted by Crippen LogP contribution is -2.16. The highest BCUT2D eigenvalue weighted by Gasteiger charge is 2.30. The molecule has 1 aromatic carbocycles. The first-order valence-corrected chi connectivity index (χ1v) is 13.9. The van der Waals surface area contributed by atoms with Gasteiger partial charge in [0.2, 0.25) is 5.91 Å². The van der Waals surface area contributed by atoms with Gasteiger partial charge in [0, 0.05) is 31.5 Å². The number of para-hydroxylation sites is 1. The lowest BCUT2D eigenvalue weighted by Gasteiger charge is -2.16. The van der Waals surface area contributed by atoms with Crippen LogP contribution in [0, 0.1) is 5.92 Å². The molecule has 2 N–H and O–H groups in total. The molecule has 1 fully saturated rings. The molecule has 0 unspecified atom stereocenters. The minimum absolute atomic E-state index is 0.0306. The standard InChI is InChI=1S/C23H27N6O3P.C2H6/c1-13(30)21-18(11-19(26-27-21)25-23(31)14-9-10-14)24-16-8-6-7-15(22(16)32-3)17-12-20(33(4)5)29(2)28-17;1-2/h6-8,11-12,14H,9-10H2,1-5H3,(H2,24,25,26,31);1-2H3. The number of aromatic nitrogens is 4. The number of ketones is 1. The van der Waals surface area contributed by atoms with Gasteiger partial charge in [0.15, 0.2) is 23.0 Å². The minimum Gasteiger partial charge on any atom is -0.494 e. The Morgan fingerprint density at radius 2 is 1.83 bits per heavy atom. The number of hydrogen-bond donors (Lipinski definition) is 2. The molecule has 0 aliphatic heterocycles. The molecule has 0 radical (unpaired) electrons. The zero-order valence-corrected chi connectivity index (χ0v) is 22.2. The number of benzene rings is 1. The Balaban J connectivity index is 0.00000167. The van der Waals surface area contributed by atoms with E-state index >= 15 is 0 Å². The second-order valence-corrected chi connectivity index (χ2v) is 10.5. The Bertz CT molecular complexity index is 1220. The van der Waals surface area contributed by atoms with Gasteiger partial charge in [-0.15, -0.1) is 10.2 Å². The van der Waals surface area contributed by atoms with Crippen LogP contribution in [0.15, 0.2) is 30.3 Å². The van der Waals surface area contributed by atoms with E-state index in [4.69, 9.17) is 4.74 Å². The summed E-state index contributed by atoms with van der Waals surface area (Å²) in [6, 6.07) is 9.39. The summed E-state index contributed by atoms with van der Waals surface area (Å²) in [6.07, 6.45) is 1.76. The van der Waals surface area contributed by atoms with E-state index in [0.29, 0.717) is 22.9 Å². The number of amides is 1. The van der Waals surface area contributed by atoms with Crippen LogP contribution in [0.2, 0.25) is 0 Å². The van der Waals surface area contributed by atoms with Crippen molar-refractivity contribution in [3.63, 3.8) is 0 Å². The highest BCUT2D eigenvalue weighted by atomic mass is 31.1. The summed E-state index contributed by atoms with van der Waals surface area (Å²) in [5, 5.41) is 18.8. The summed E-state index contributed by atoms with van der Waals surface area (Å²) < 4.78 is 7.65. The first-order valence-electron chi connectivity index (χ1n) is 11.6. The van der Waals surface area contributed by atoms with Crippen molar-refractivity contribution >= 4 is 42.2 Å². The molecule has 186 valence electrons. The molecule has 0 saturated heterocycles. The van der Waals surface area contributed by atoms with Crippen LogP contribution in [-0.4, -0.2) is 52.1 Å². The predicted molar refractivity (Wildman–Crippen MR) is 142 cm³/mol. The summed E-state index contributed by atoms with van der Waals surface area (Å²) in [5.74, 6) is 0.594. The lowest BCUT2D eigenvalue weighted by molar-refractivity contribution is -0.117. The fraction of sp³-hybridized carbons (Fsp3) is 0.400. The van der Waals surface area contributed by atoms with E-state index in [0.717, 1.165) is 24.1 Å². The van der Waals surface area contributed by atoms with E-state index in [-0.39, 0.29) is 31.2 Å². The second-order valence-electron chi connectivity index (χ2n) is 8.23. The van der Waals surface area contributed by atoms with Crippen LogP contribution in [0.1, 0.15) is 44.1 Å². The van der Waals surface area contributed by atoms with Crippen molar-refractivity contribution < 1.29 is 14.3 Å². The Morgan fingerprint density at radius 1 is 1.11 bits per heavy atom. The second kappa shape index (κ2) is 11.4. The number of aryl methyl sites for hydroxylation is 1. The fourth-order valence-electron chi connectivity index (χ4n) is 3.59. The predicted octanol–water partition coefficient (Wildman–Crippen LogP) is 4.57. The number of hydrogen-bond acceptors (Lipinski definition) is 7. The first kappa shape index (κ1) is 26.3. The van der Waals surface area contributed by atoms with E-state index in [2.05, 4.69) is 45.3 Å². The van der Waals surface area contributed by atoms with Gasteiger partial charge in [0.05, 0.1) is 29.6 Å². The van der Waals surface area contributed by atoms with Gasteiger partial charge in [-0.25, -0.2) is 0 Å². The van der Waals surface area contributed by atoms with E-state index in [1.165, 1.54) is 12.4 Å². The zero-order chi connectivity index (χ0) is 25.7. The van der Waals surface area contributed by atoms with Gasteiger partial charge < -0.3 is 15.4 Å². The summed E-state index contributed by atoms with van der Waals surface area (Å²) in [6.45, 7) is 9.80. The van der Waals surface area contributed by atoms with E-state index in [1.807, 2.05) is 43.8 Å². The Kier molecular flexibility index (Phi) is 8.57. The van der Waals surface area contributed by atoms with E-state index < -0.39 is 0 Å². The van der Waals surface area contributed by atoms with Crippen molar-refractivity contribution in [3.8, 4) is 17.0 Å². The van der Waals surface area contributed by atoms with Crippen molar-refractivity contribution in [2.24, 2.45) is 13.0 Å². The highest BCUT2D eigenvalue weighted by Crippen LogP contribution is 2.38. The van der Waals surface area contributed by atoms with Gasteiger partial charge in [-0.3, -0.25) is 14.3 Å². The highest BCUT2D eigenvalue weighted by molar-refractivity contribution is 7.63. The number of ether oxygens (including phenoxy) is 1. The summed E-state index contributed by atoms with van der Waals surface area (Å²) >= 11 is 0. The van der Waals surface area contributed by atoms with Crippen LogP contribution in [0.25, 0.3) is 11.3 Å². The third-order valence-electron chi connectivity index (χ3n) is 5.40. The minimum atomic E-state index is -0.314. The van der Waals surface area contributed by atoms with Crippen molar-refractivity contribution in [2.75, 3.05) is 31.1 Å². The monoisotopic (exact) mass is 496 g/mol. The smallest absolute Gasteiger partial charge is 0.228 e. The van der Waals surface area contributed by atoms with Gasteiger partial charge in [-0.2, -0.15) is 5.10 Å². The van der Waals surface area contributed by atoms with Crippen LogP contribution in [-0.2, 0) is 11.8 Å². The van der Waals surface area contributed by atoms with Crippen LogP contribution < -0.4 is 20.8 Å². The number of Topliss-reactive ketones (excluding diaryl/α,β-unsaturated/α-hetero) is 1. The third-order valence-corrected chi connectivity index (χ3v) is 6.74. The third kappa shape index (κ3) is 6.03. The maximum atomic E-state index is 12.2. The summed E-state index contributed by atoms with van der Waals surface area (Å²) in [4.78, 5) is 24.3. The van der Waals surface area contributed by atoms with Crippen LogP contribution in [0.3, 0.4) is 0 Å². The fourth-order valence-corrected chi connectivity index (χ4v) is 4.60. The largest absolute Gasteiger partial charge is 0.494 e. The number of methoxy groups -OCH3 is 1. The summed E-state index contributed by atoms with van der Waals surface area (Å²) in [7, 11) is 3.22. The molecule has 1 amide bonds. The molecule has 10 heteroatoms. The quantitative estimate of drug-likeness (QED) is 0.347. The first-order chi connectivity index (χ1) is 16.8. The topological polar surface area (TPSA) is 111 Å². The molecule has 1 aliphatic carbocycles. The molecule has 0 bridgehead atoms. The van der Waals surface area contributed by atoms with E-state index in [9.17, 15) is 9.59 Å². The van der Waals surface area contributed by atoms with Crippen LogP contribution in [0.4, 0.5) is 17.2 Å². The molecule has 9 nitrogen and oxygen atoms in total. The molecule has 35 heavy (non-hydrogen) atoms. The van der Waals surface area contributed by atoms with Crippen molar-refractivity contribution in [1.29, 1.82) is 0 Å². The normalized spacial score (nSPS) is 12.6. The number of carbonyl (C=O) groups is 2. The average molecular weight is 497 g/mol. The number of anilines is 3.